The van der Waals surface area contributed by atoms with E-state index in [-0.39, 0.29) is 36.4 Å². The predicted octanol–water partition coefficient (Wildman–Crippen LogP) is 4.57. The Morgan fingerprint density at radius 1 is 0.938 bits per heavy atom. The largest absolute Gasteiger partial charge is 0.462 e. The molecule has 6 nitrogen and oxygen atoms in total. The Morgan fingerprint density at radius 3 is 2.34 bits per heavy atom. The zero-order valence-electron chi connectivity index (χ0n) is 18.7. The van der Waals surface area contributed by atoms with Crippen LogP contribution in [0.25, 0.3) is 0 Å². The lowest BCUT2D eigenvalue weighted by atomic mass is 10.1. The second kappa shape index (κ2) is 12.4. The molecule has 0 aliphatic carbocycles. The molecule has 0 atom stereocenters. The molecule has 3 rings (SSSR count). The van der Waals surface area contributed by atoms with Gasteiger partial charge in [0.2, 0.25) is 0 Å². The predicted molar refractivity (Wildman–Crippen MR) is 126 cm³/mol. The Bertz CT molecular complexity index is 933. The maximum absolute atomic E-state index is 12.7. The van der Waals surface area contributed by atoms with Crippen LogP contribution in [-0.4, -0.2) is 53.8 Å². The molecule has 0 spiro atoms. The van der Waals surface area contributed by atoms with Gasteiger partial charge in [-0.05, 0) is 56.6 Å². The van der Waals surface area contributed by atoms with Crippen molar-refractivity contribution in [1.29, 1.82) is 0 Å². The van der Waals surface area contributed by atoms with Gasteiger partial charge < -0.3 is 4.74 Å². The second-order valence-corrected chi connectivity index (χ2v) is 7.66. The number of nitrogens with zero attached hydrogens (tertiary/aromatic N) is 2. The highest BCUT2D eigenvalue weighted by Gasteiger charge is 2.35. The van der Waals surface area contributed by atoms with Crippen molar-refractivity contribution in [2.45, 2.75) is 39.7 Å². The fourth-order valence-electron chi connectivity index (χ4n) is 3.81. The Balaban J connectivity index is 0.00000363. The first-order chi connectivity index (χ1) is 15.0. The molecule has 0 saturated heterocycles. The molecule has 1 aliphatic heterocycles. The maximum Gasteiger partial charge on any atom is 0.338 e. The highest BCUT2D eigenvalue weighted by atomic mass is 35.5. The average Bonchev–Trinajstić information content (AvgIpc) is 3.03. The Hall–Kier alpha value is -2.70. The summed E-state index contributed by atoms with van der Waals surface area (Å²) in [6, 6.07) is 15.0. The normalized spacial score (nSPS) is 12.7. The molecule has 2 amide bonds. The van der Waals surface area contributed by atoms with E-state index in [1.807, 2.05) is 6.07 Å². The van der Waals surface area contributed by atoms with Crippen LogP contribution >= 0.6 is 12.4 Å². The van der Waals surface area contributed by atoms with Gasteiger partial charge in [-0.2, -0.15) is 0 Å². The van der Waals surface area contributed by atoms with Crippen LogP contribution in [0.3, 0.4) is 0 Å². The summed E-state index contributed by atoms with van der Waals surface area (Å²) in [5.41, 5.74) is 2.24. The minimum atomic E-state index is -0.486. The van der Waals surface area contributed by atoms with Gasteiger partial charge >= 0.3 is 5.97 Å². The third-order valence-electron chi connectivity index (χ3n) is 5.53. The Morgan fingerprint density at radius 2 is 1.66 bits per heavy atom. The van der Waals surface area contributed by atoms with E-state index in [1.54, 1.807) is 13.0 Å². The van der Waals surface area contributed by atoms with E-state index < -0.39 is 5.97 Å². The monoisotopic (exact) mass is 458 g/mol. The first kappa shape index (κ1) is 25.6. The van der Waals surface area contributed by atoms with Gasteiger partial charge in [-0.15, -0.1) is 12.4 Å². The highest BCUT2D eigenvalue weighted by Crippen LogP contribution is 2.25. The summed E-state index contributed by atoms with van der Waals surface area (Å²) >= 11 is 0. The quantitative estimate of drug-likeness (QED) is 0.280. The number of esters is 1. The average molecular weight is 459 g/mol. The molecule has 32 heavy (non-hydrogen) atoms. The van der Waals surface area contributed by atoms with Crippen LogP contribution in [0.4, 0.5) is 0 Å². The minimum absolute atomic E-state index is 0. The molecule has 1 heterocycles. The number of imide groups is 1. The van der Waals surface area contributed by atoms with Crippen molar-refractivity contribution in [2.24, 2.45) is 0 Å². The molecular formula is C25H31ClN2O4. The fourth-order valence-corrected chi connectivity index (χ4v) is 3.81. The molecule has 0 N–H and O–H groups in total. The van der Waals surface area contributed by atoms with Gasteiger partial charge in [-0.3, -0.25) is 19.4 Å². The van der Waals surface area contributed by atoms with Crippen molar-refractivity contribution in [2.75, 3.05) is 26.2 Å². The Kier molecular flexibility index (Phi) is 9.88. The summed E-state index contributed by atoms with van der Waals surface area (Å²) in [5, 5.41) is 0. The molecule has 0 unspecified atom stereocenters. The molecule has 1 aliphatic rings. The van der Waals surface area contributed by atoms with Gasteiger partial charge in [-0.25, -0.2) is 4.79 Å². The topological polar surface area (TPSA) is 66.9 Å². The molecule has 0 fully saturated rings. The number of carbonyl (C=O) groups is 3. The third kappa shape index (κ3) is 6.17. The molecule has 0 aromatic heterocycles. The van der Waals surface area contributed by atoms with Gasteiger partial charge in [0, 0.05) is 13.1 Å². The van der Waals surface area contributed by atoms with E-state index in [0.717, 1.165) is 38.9 Å². The highest BCUT2D eigenvalue weighted by molar-refractivity contribution is 6.21. The summed E-state index contributed by atoms with van der Waals surface area (Å²) in [7, 11) is 0. The third-order valence-corrected chi connectivity index (χ3v) is 5.53. The van der Waals surface area contributed by atoms with Crippen LogP contribution < -0.4 is 0 Å². The number of halogens is 1. The lowest BCUT2D eigenvalue weighted by Crippen LogP contribution is -2.31. The van der Waals surface area contributed by atoms with Crippen LogP contribution in [0, 0.1) is 0 Å². The zero-order chi connectivity index (χ0) is 22.2. The van der Waals surface area contributed by atoms with Crippen molar-refractivity contribution in [3.05, 3.63) is 70.8 Å². The zero-order valence-corrected chi connectivity index (χ0v) is 19.5. The number of ether oxygens (including phenoxy) is 1. The molecule has 2 aromatic carbocycles. The first-order valence-corrected chi connectivity index (χ1v) is 11.0. The lowest BCUT2D eigenvalue weighted by Gasteiger charge is -2.20. The molecular weight excluding hydrogens is 428 g/mol. The summed E-state index contributed by atoms with van der Waals surface area (Å²) in [6.07, 6.45) is 2.71. The van der Waals surface area contributed by atoms with Crippen LogP contribution in [0.1, 0.15) is 69.7 Å². The molecule has 7 heteroatoms. The first-order valence-electron chi connectivity index (χ1n) is 11.0. The second-order valence-electron chi connectivity index (χ2n) is 7.66. The maximum atomic E-state index is 12.7. The lowest BCUT2D eigenvalue weighted by molar-refractivity contribution is 0.0525. The number of hydrogen-bond donors (Lipinski definition) is 0. The van der Waals surface area contributed by atoms with Gasteiger partial charge in [0.25, 0.3) is 11.8 Å². The summed E-state index contributed by atoms with van der Waals surface area (Å²) in [4.78, 5) is 40.9. The van der Waals surface area contributed by atoms with Gasteiger partial charge in [0.05, 0.1) is 23.3 Å². The van der Waals surface area contributed by atoms with E-state index >= 15 is 0 Å². The number of carbonyl (C=O) groups excluding carboxylic acids is 3. The number of benzene rings is 2. The SMILES string of the molecule is CCOC(=O)c1ccc2c(c1)C(=O)N(CCCCCN(CC)Cc1ccccc1)C2=O.Cl. The van der Waals surface area contributed by atoms with Crippen LogP contribution in [0.15, 0.2) is 48.5 Å². The number of hydrogen-bond acceptors (Lipinski definition) is 5. The fraction of sp³-hybridized carbons (Fsp3) is 0.400. The summed E-state index contributed by atoms with van der Waals surface area (Å²) in [6.45, 7) is 7.43. The number of fused-ring (bicyclic) bond motifs is 1. The number of rotatable bonds is 11. The standard InChI is InChI=1S/C25H30N2O4.ClH/c1-3-26(18-19-11-7-5-8-12-19)15-9-6-10-16-27-23(28)21-14-13-20(25(30)31-4-2)17-22(21)24(27)29;/h5,7-8,11-14,17H,3-4,6,9-10,15-16,18H2,1-2H3;1H. The number of unbranched alkanes of at least 4 members (excludes halogenated alkanes) is 2. The van der Waals surface area contributed by atoms with E-state index in [2.05, 4.69) is 36.1 Å². The molecule has 172 valence electrons. The molecule has 0 radical (unpaired) electrons. The smallest absolute Gasteiger partial charge is 0.338 e. The van der Waals surface area contributed by atoms with E-state index in [4.69, 9.17) is 4.74 Å². The van der Waals surface area contributed by atoms with Gasteiger partial charge in [0.1, 0.15) is 0 Å². The van der Waals surface area contributed by atoms with Gasteiger partial charge in [0.15, 0.2) is 0 Å². The van der Waals surface area contributed by atoms with Crippen molar-refractivity contribution in [3.8, 4) is 0 Å². The van der Waals surface area contributed by atoms with Crippen molar-refractivity contribution >= 4 is 30.2 Å². The van der Waals surface area contributed by atoms with Crippen LogP contribution in [0.5, 0.6) is 0 Å². The Labute approximate surface area is 195 Å². The van der Waals surface area contributed by atoms with Crippen LogP contribution in [0.2, 0.25) is 0 Å². The minimum Gasteiger partial charge on any atom is -0.462 e. The molecule has 0 bridgehead atoms. The summed E-state index contributed by atoms with van der Waals surface area (Å²) < 4.78 is 4.98. The van der Waals surface area contributed by atoms with Crippen LogP contribution in [-0.2, 0) is 11.3 Å². The number of amides is 2. The summed E-state index contributed by atoms with van der Waals surface area (Å²) in [5.74, 6) is -1.10. The van der Waals surface area contributed by atoms with Crippen molar-refractivity contribution < 1.29 is 19.1 Å². The van der Waals surface area contributed by atoms with E-state index in [1.165, 1.54) is 22.6 Å². The van der Waals surface area contributed by atoms with E-state index in [0.29, 0.717) is 17.7 Å². The van der Waals surface area contributed by atoms with E-state index in [9.17, 15) is 14.4 Å². The molecule has 0 saturated carbocycles. The van der Waals surface area contributed by atoms with Gasteiger partial charge in [-0.1, -0.05) is 43.7 Å². The van der Waals surface area contributed by atoms with Crippen molar-refractivity contribution in [1.82, 2.24) is 9.80 Å². The molecule has 2 aromatic rings. The van der Waals surface area contributed by atoms with Crippen molar-refractivity contribution in [3.63, 3.8) is 0 Å².